The molecule has 1 heterocycles. The van der Waals surface area contributed by atoms with E-state index in [0.717, 1.165) is 32.8 Å². The highest BCUT2D eigenvalue weighted by atomic mass is 32.1. The Kier molecular flexibility index (Phi) is 10.8. The number of ether oxygens (including phenoxy) is 1. The standard InChI is InChI=1S/C25H32F5N3O3.O2S/c1-15-7-9-24(35,10-8-15)14-31-21(34)18-13-33(16(2)32-18)19-6-5-17(11-20(19)36-22(26)27)12-23(3,4)25(28,29)30;1-3-2/h5-6,11,13,15,22,35H,7-10,12,14H2,1-4H3,(H,31,34);. The molecule has 0 bridgehead atoms. The fourth-order valence-electron chi connectivity index (χ4n) is 4.31. The van der Waals surface area contributed by atoms with E-state index in [1.54, 1.807) is 6.92 Å². The molecule has 14 heteroatoms. The molecule has 1 fully saturated rings. The van der Waals surface area contributed by atoms with E-state index in [9.17, 15) is 31.9 Å². The number of amides is 1. The molecular formula is C25H32F5N3O5S. The van der Waals surface area contributed by atoms with Crippen molar-refractivity contribution < 1.29 is 45.0 Å². The number of nitrogens with one attached hydrogen (secondary N) is 1. The molecule has 1 aromatic carbocycles. The van der Waals surface area contributed by atoms with Crippen molar-refractivity contribution in [1.29, 1.82) is 0 Å². The highest BCUT2D eigenvalue weighted by Crippen LogP contribution is 2.41. The molecule has 1 aliphatic rings. The molecule has 3 rings (SSSR count). The first-order valence-corrected chi connectivity index (χ1v) is 12.8. The predicted molar refractivity (Wildman–Crippen MR) is 132 cm³/mol. The lowest BCUT2D eigenvalue weighted by Crippen LogP contribution is -2.45. The molecule has 1 saturated carbocycles. The molecule has 0 spiro atoms. The second-order valence-electron chi connectivity index (χ2n) is 10.4. The van der Waals surface area contributed by atoms with Gasteiger partial charge in [-0.15, -0.1) is 0 Å². The molecular weight excluding hydrogens is 549 g/mol. The first kappa shape index (κ1) is 32.3. The number of aromatic nitrogens is 2. The summed E-state index contributed by atoms with van der Waals surface area (Å²) in [7, 11) is 0. The summed E-state index contributed by atoms with van der Waals surface area (Å²) >= 11 is -0.750. The normalized spacial score (nSPS) is 19.7. The second-order valence-corrected chi connectivity index (χ2v) is 10.6. The highest BCUT2D eigenvalue weighted by molar-refractivity contribution is 7.51. The number of nitrogens with zero attached hydrogens (tertiary/aromatic N) is 2. The molecule has 0 aliphatic heterocycles. The van der Waals surface area contributed by atoms with Gasteiger partial charge >= 0.3 is 24.4 Å². The summed E-state index contributed by atoms with van der Waals surface area (Å²) in [6, 6.07) is 3.91. The second kappa shape index (κ2) is 13.0. The van der Waals surface area contributed by atoms with Crippen LogP contribution in [0.15, 0.2) is 24.4 Å². The summed E-state index contributed by atoms with van der Waals surface area (Å²) in [6.07, 6.45) is -0.700. The van der Waals surface area contributed by atoms with Crippen molar-refractivity contribution in [1.82, 2.24) is 14.9 Å². The maximum Gasteiger partial charge on any atom is 0.394 e. The van der Waals surface area contributed by atoms with Crippen molar-refractivity contribution in [3.63, 3.8) is 0 Å². The van der Waals surface area contributed by atoms with E-state index in [-0.39, 0.29) is 35.1 Å². The zero-order valence-corrected chi connectivity index (χ0v) is 22.8. The number of rotatable bonds is 8. The minimum atomic E-state index is -4.48. The fraction of sp³-hybridized carbons (Fsp3) is 0.600. The number of aliphatic hydroxyl groups is 1. The average Bonchev–Trinajstić information content (AvgIpc) is 3.20. The molecule has 2 aromatic rings. The molecule has 1 aromatic heterocycles. The lowest BCUT2D eigenvalue weighted by Gasteiger charge is -2.34. The molecule has 0 radical (unpaired) electrons. The number of halogens is 5. The van der Waals surface area contributed by atoms with E-state index in [2.05, 4.69) is 22.0 Å². The largest absolute Gasteiger partial charge is 0.433 e. The number of alkyl halides is 5. The van der Waals surface area contributed by atoms with Crippen LogP contribution in [0.2, 0.25) is 0 Å². The van der Waals surface area contributed by atoms with Crippen LogP contribution in [0.4, 0.5) is 22.0 Å². The van der Waals surface area contributed by atoms with Crippen molar-refractivity contribution in [3.8, 4) is 11.4 Å². The number of benzene rings is 1. The van der Waals surface area contributed by atoms with Crippen LogP contribution >= 0.6 is 0 Å². The number of hydrogen-bond acceptors (Lipinski definition) is 6. The van der Waals surface area contributed by atoms with Gasteiger partial charge in [-0.1, -0.05) is 26.8 Å². The molecule has 1 aliphatic carbocycles. The van der Waals surface area contributed by atoms with Crippen LogP contribution in [-0.2, 0) is 18.0 Å². The van der Waals surface area contributed by atoms with Crippen LogP contribution < -0.4 is 10.1 Å². The summed E-state index contributed by atoms with van der Waals surface area (Å²) in [5, 5.41) is 13.4. The molecule has 0 atom stereocenters. The Morgan fingerprint density at radius 1 is 1.26 bits per heavy atom. The maximum atomic E-state index is 13.3. The zero-order chi connectivity index (χ0) is 29.6. The molecule has 1 amide bonds. The van der Waals surface area contributed by atoms with Crippen molar-refractivity contribution in [2.75, 3.05) is 6.54 Å². The Balaban J connectivity index is 0.00000170. The van der Waals surface area contributed by atoms with Crippen LogP contribution in [-0.4, -0.2) is 53.9 Å². The van der Waals surface area contributed by atoms with Crippen LogP contribution in [0.25, 0.3) is 5.69 Å². The van der Waals surface area contributed by atoms with Gasteiger partial charge in [0.15, 0.2) is 0 Å². The van der Waals surface area contributed by atoms with Gasteiger partial charge in [0.05, 0.1) is 16.7 Å². The molecule has 2 N–H and O–H groups in total. The van der Waals surface area contributed by atoms with Gasteiger partial charge in [-0.25, -0.2) is 4.98 Å². The third kappa shape index (κ3) is 8.82. The average molecular weight is 582 g/mol. The van der Waals surface area contributed by atoms with Crippen LogP contribution in [0.5, 0.6) is 5.75 Å². The van der Waals surface area contributed by atoms with Gasteiger partial charge in [0.25, 0.3) is 5.91 Å². The van der Waals surface area contributed by atoms with Crippen molar-refractivity contribution >= 4 is 17.5 Å². The van der Waals surface area contributed by atoms with Crippen LogP contribution in [0, 0.1) is 18.3 Å². The maximum absolute atomic E-state index is 13.3. The lowest BCUT2D eigenvalue weighted by molar-refractivity contribution is -0.211. The number of carbonyl (C=O) groups excluding carboxylic acids is 1. The number of carbonyl (C=O) groups is 1. The quantitative estimate of drug-likeness (QED) is 0.429. The van der Waals surface area contributed by atoms with E-state index >= 15 is 0 Å². The predicted octanol–water partition coefficient (Wildman–Crippen LogP) is 4.91. The number of hydrogen-bond donors (Lipinski definition) is 2. The van der Waals surface area contributed by atoms with Gasteiger partial charge in [0.2, 0.25) is 0 Å². The van der Waals surface area contributed by atoms with Crippen LogP contribution in [0.1, 0.15) is 68.3 Å². The van der Waals surface area contributed by atoms with Gasteiger partial charge in [-0.05, 0) is 62.6 Å². The summed E-state index contributed by atoms with van der Waals surface area (Å²) in [4.78, 5) is 16.9. The van der Waals surface area contributed by atoms with E-state index in [1.807, 2.05) is 0 Å². The summed E-state index contributed by atoms with van der Waals surface area (Å²) < 4.78 is 88.8. The Hall–Kier alpha value is -2.87. The van der Waals surface area contributed by atoms with Gasteiger partial charge in [-0.3, -0.25) is 9.36 Å². The molecule has 0 saturated heterocycles. The molecule has 0 unspecified atom stereocenters. The molecule has 218 valence electrons. The fourth-order valence-corrected chi connectivity index (χ4v) is 4.31. The smallest absolute Gasteiger partial charge is 0.394 e. The van der Waals surface area contributed by atoms with Crippen molar-refractivity contribution in [2.24, 2.45) is 11.3 Å². The Bertz CT molecular complexity index is 1170. The monoisotopic (exact) mass is 581 g/mol. The Labute approximate surface area is 226 Å². The molecule has 8 nitrogen and oxygen atoms in total. The highest BCUT2D eigenvalue weighted by Gasteiger charge is 2.47. The topological polar surface area (TPSA) is 111 Å². The third-order valence-electron chi connectivity index (χ3n) is 6.81. The van der Waals surface area contributed by atoms with E-state index in [4.69, 9.17) is 8.42 Å². The summed E-state index contributed by atoms with van der Waals surface area (Å²) in [6.45, 7) is 2.59. The minimum absolute atomic E-state index is 0.00514. The van der Waals surface area contributed by atoms with Gasteiger partial charge in [0, 0.05) is 12.7 Å². The van der Waals surface area contributed by atoms with Gasteiger partial charge in [0.1, 0.15) is 17.3 Å². The zero-order valence-electron chi connectivity index (χ0n) is 22.0. The minimum Gasteiger partial charge on any atom is -0.433 e. The first-order chi connectivity index (χ1) is 18.0. The lowest BCUT2D eigenvalue weighted by atomic mass is 9.79. The van der Waals surface area contributed by atoms with Crippen LogP contribution in [0.3, 0.4) is 0 Å². The van der Waals surface area contributed by atoms with Gasteiger partial charge in [-0.2, -0.15) is 30.4 Å². The van der Waals surface area contributed by atoms with E-state index in [0.29, 0.717) is 18.8 Å². The van der Waals surface area contributed by atoms with E-state index in [1.165, 1.54) is 22.9 Å². The number of imidazole rings is 1. The van der Waals surface area contributed by atoms with E-state index < -0.39 is 47.7 Å². The summed E-state index contributed by atoms with van der Waals surface area (Å²) in [5.74, 6) is -0.0647. The number of aryl methyl sites for hydroxylation is 1. The van der Waals surface area contributed by atoms with Crippen molar-refractivity contribution in [3.05, 3.63) is 41.5 Å². The first-order valence-electron chi connectivity index (χ1n) is 12.1. The summed E-state index contributed by atoms with van der Waals surface area (Å²) in [5.41, 5.74) is -2.79. The van der Waals surface area contributed by atoms with Crippen molar-refractivity contribution in [2.45, 2.75) is 78.2 Å². The Morgan fingerprint density at radius 2 is 1.85 bits per heavy atom. The Morgan fingerprint density at radius 3 is 2.38 bits per heavy atom. The molecule has 39 heavy (non-hydrogen) atoms. The third-order valence-corrected chi connectivity index (χ3v) is 6.81. The van der Waals surface area contributed by atoms with Gasteiger partial charge < -0.3 is 15.2 Å². The SMILES string of the molecule is Cc1nc(C(=O)NCC2(O)CCC(C)CC2)cn1-c1ccc(CC(C)(C)C(F)(F)F)cc1OC(F)F.O=S=O.